The summed E-state index contributed by atoms with van der Waals surface area (Å²) in [6, 6.07) is 12.8. The first kappa shape index (κ1) is 13.8. The minimum atomic E-state index is -0.638. The molecule has 0 aliphatic rings. The molecule has 2 N–H and O–H groups in total. The maximum absolute atomic E-state index is 13.4. The summed E-state index contributed by atoms with van der Waals surface area (Å²) in [5.41, 5.74) is 10.2. The Morgan fingerprint density at radius 3 is 2.26 bits per heavy atom. The minimum Gasteiger partial charge on any atom is -0.318 e. The fourth-order valence-electron chi connectivity index (χ4n) is 2.36. The van der Waals surface area contributed by atoms with Gasteiger partial charge < -0.3 is 5.73 Å². The van der Waals surface area contributed by atoms with Crippen LogP contribution >= 0.6 is 0 Å². The fraction of sp³-hybridized carbons (Fsp3) is 0.294. The molecule has 1 unspecified atom stereocenters. The number of hydrogen-bond donors (Lipinski definition) is 1. The van der Waals surface area contributed by atoms with Crippen molar-refractivity contribution in [3.8, 4) is 0 Å². The van der Waals surface area contributed by atoms with E-state index < -0.39 is 5.54 Å². The predicted molar refractivity (Wildman–Crippen MR) is 77.6 cm³/mol. The van der Waals surface area contributed by atoms with Gasteiger partial charge in [-0.05, 0) is 54.7 Å². The van der Waals surface area contributed by atoms with E-state index in [1.54, 1.807) is 6.07 Å². The molecule has 1 nitrogen and oxygen atoms in total. The summed E-state index contributed by atoms with van der Waals surface area (Å²) in [5, 5.41) is 0. The van der Waals surface area contributed by atoms with Gasteiger partial charge in [0, 0.05) is 0 Å². The van der Waals surface area contributed by atoms with E-state index in [9.17, 15) is 4.39 Å². The largest absolute Gasteiger partial charge is 0.318 e. The van der Waals surface area contributed by atoms with Crippen molar-refractivity contribution >= 4 is 0 Å². The van der Waals surface area contributed by atoms with Crippen LogP contribution in [0.4, 0.5) is 4.39 Å². The summed E-state index contributed by atoms with van der Waals surface area (Å²) in [6.07, 6.45) is 0.721. The Labute approximate surface area is 114 Å². The van der Waals surface area contributed by atoms with Crippen LogP contribution in [0.1, 0.15) is 35.6 Å². The molecule has 0 saturated carbocycles. The first-order valence-corrected chi connectivity index (χ1v) is 6.60. The molecule has 0 radical (unpaired) electrons. The fourth-order valence-corrected chi connectivity index (χ4v) is 2.36. The van der Waals surface area contributed by atoms with Gasteiger partial charge in [0.25, 0.3) is 0 Å². The Kier molecular flexibility index (Phi) is 3.72. The van der Waals surface area contributed by atoms with Gasteiger partial charge in [-0.25, -0.2) is 4.39 Å². The highest BCUT2D eigenvalue weighted by Crippen LogP contribution is 2.31. The zero-order valence-corrected chi connectivity index (χ0v) is 11.7. The van der Waals surface area contributed by atoms with Gasteiger partial charge in [0.05, 0.1) is 5.54 Å². The zero-order chi connectivity index (χ0) is 14.0. The number of nitrogens with two attached hydrogens (primary N) is 1. The molecular weight excluding hydrogens is 237 g/mol. The van der Waals surface area contributed by atoms with Crippen LogP contribution in [-0.4, -0.2) is 0 Å². The smallest absolute Gasteiger partial charge is 0.123 e. The van der Waals surface area contributed by atoms with E-state index in [-0.39, 0.29) is 5.82 Å². The molecule has 0 spiro atoms. The van der Waals surface area contributed by atoms with Crippen LogP contribution in [0, 0.1) is 19.7 Å². The molecule has 2 aromatic carbocycles. The van der Waals surface area contributed by atoms with Crippen LogP contribution in [0.3, 0.4) is 0 Å². The van der Waals surface area contributed by atoms with Gasteiger partial charge in [-0.15, -0.1) is 0 Å². The van der Waals surface area contributed by atoms with Crippen molar-refractivity contribution in [2.45, 2.75) is 32.7 Å². The second-order valence-electron chi connectivity index (χ2n) is 5.13. The van der Waals surface area contributed by atoms with E-state index in [4.69, 9.17) is 5.73 Å². The van der Waals surface area contributed by atoms with Crippen LogP contribution in [0.15, 0.2) is 42.5 Å². The van der Waals surface area contributed by atoms with E-state index in [0.29, 0.717) is 0 Å². The molecule has 0 saturated heterocycles. The summed E-state index contributed by atoms with van der Waals surface area (Å²) in [5.74, 6) is -0.246. The second kappa shape index (κ2) is 5.14. The van der Waals surface area contributed by atoms with Crippen molar-refractivity contribution in [2.75, 3.05) is 0 Å². The first-order chi connectivity index (χ1) is 8.97. The van der Waals surface area contributed by atoms with E-state index in [2.05, 4.69) is 26.0 Å². The molecule has 0 heterocycles. The summed E-state index contributed by atoms with van der Waals surface area (Å²) in [7, 11) is 0. The standard InChI is InChI=1S/C17H20FN/c1-4-17(19,14-6-5-7-16(18)11-14)15-9-8-12(2)13(3)10-15/h5-11H,4,19H2,1-3H3. The number of rotatable bonds is 3. The van der Waals surface area contributed by atoms with Crippen LogP contribution in [0.5, 0.6) is 0 Å². The Balaban J connectivity index is 2.56. The lowest BCUT2D eigenvalue weighted by Gasteiger charge is -2.30. The lowest BCUT2D eigenvalue weighted by Crippen LogP contribution is -2.37. The first-order valence-electron chi connectivity index (χ1n) is 6.60. The van der Waals surface area contributed by atoms with Crippen molar-refractivity contribution in [2.24, 2.45) is 5.73 Å². The molecule has 0 aromatic heterocycles. The van der Waals surface area contributed by atoms with Gasteiger partial charge in [-0.3, -0.25) is 0 Å². The second-order valence-corrected chi connectivity index (χ2v) is 5.13. The highest BCUT2D eigenvalue weighted by molar-refractivity contribution is 5.41. The summed E-state index contributed by atoms with van der Waals surface area (Å²) in [4.78, 5) is 0. The number of halogens is 1. The van der Waals surface area contributed by atoms with Crippen molar-refractivity contribution in [1.29, 1.82) is 0 Å². The lowest BCUT2D eigenvalue weighted by atomic mass is 9.80. The van der Waals surface area contributed by atoms with Crippen molar-refractivity contribution < 1.29 is 4.39 Å². The Bertz CT molecular complexity index is 592. The highest BCUT2D eigenvalue weighted by atomic mass is 19.1. The van der Waals surface area contributed by atoms with Crippen molar-refractivity contribution in [1.82, 2.24) is 0 Å². The third-order valence-electron chi connectivity index (χ3n) is 3.92. The van der Waals surface area contributed by atoms with Gasteiger partial charge in [-0.1, -0.05) is 37.3 Å². The third-order valence-corrected chi connectivity index (χ3v) is 3.92. The van der Waals surface area contributed by atoms with Gasteiger partial charge >= 0.3 is 0 Å². The molecule has 0 amide bonds. The third kappa shape index (κ3) is 2.54. The van der Waals surface area contributed by atoms with Crippen LogP contribution in [-0.2, 0) is 5.54 Å². The Morgan fingerprint density at radius 1 is 1.00 bits per heavy atom. The molecule has 19 heavy (non-hydrogen) atoms. The minimum absolute atomic E-state index is 0.246. The van der Waals surface area contributed by atoms with E-state index >= 15 is 0 Å². The highest BCUT2D eigenvalue weighted by Gasteiger charge is 2.28. The average Bonchev–Trinajstić information content (AvgIpc) is 2.41. The summed E-state index contributed by atoms with van der Waals surface area (Å²) in [6.45, 7) is 6.17. The molecule has 1 atom stereocenters. The van der Waals surface area contributed by atoms with Gasteiger partial charge in [-0.2, -0.15) is 0 Å². The molecule has 0 fully saturated rings. The SMILES string of the molecule is CCC(N)(c1cccc(F)c1)c1ccc(C)c(C)c1. The van der Waals surface area contributed by atoms with E-state index in [1.807, 2.05) is 19.1 Å². The lowest BCUT2D eigenvalue weighted by molar-refractivity contribution is 0.512. The maximum Gasteiger partial charge on any atom is 0.123 e. The molecule has 2 aromatic rings. The number of hydrogen-bond acceptors (Lipinski definition) is 1. The van der Waals surface area contributed by atoms with Crippen LogP contribution in [0.25, 0.3) is 0 Å². The van der Waals surface area contributed by atoms with E-state index in [0.717, 1.165) is 17.5 Å². The van der Waals surface area contributed by atoms with Crippen molar-refractivity contribution in [3.05, 3.63) is 70.5 Å². The topological polar surface area (TPSA) is 26.0 Å². The molecular formula is C17H20FN. The maximum atomic E-state index is 13.4. The summed E-state index contributed by atoms with van der Waals surface area (Å²) < 4.78 is 13.4. The number of benzene rings is 2. The predicted octanol–water partition coefficient (Wildman–Crippen LogP) is 4.05. The molecule has 0 aliphatic carbocycles. The molecule has 2 heteroatoms. The van der Waals surface area contributed by atoms with Crippen LogP contribution < -0.4 is 5.73 Å². The molecule has 0 bridgehead atoms. The van der Waals surface area contributed by atoms with Gasteiger partial charge in [0.1, 0.15) is 5.82 Å². The Morgan fingerprint density at radius 2 is 1.68 bits per heavy atom. The summed E-state index contributed by atoms with van der Waals surface area (Å²) >= 11 is 0. The Hall–Kier alpha value is -1.67. The van der Waals surface area contributed by atoms with Crippen molar-refractivity contribution in [3.63, 3.8) is 0 Å². The normalized spacial score (nSPS) is 14.2. The quantitative estimate of drug-likeness (QED) is 0.881. The monoisotopic (exact) mass is 257 g/mol. The van der Waals surface area contributed by atoms with Crippen LogP contribution in [0.2, 0.25) is 0 Å². The molecule has 100 valence electrons. The van der Waals surface area contributed by atoms with Gasteiger partial charge in [0.2, 0.25) is 0 Å². The van der Waals surface area contributed by atoms with Gasteiger partial charge in [0.15, 0.2) is 0 Å². The van der Waals surface area contributed by atoms with E-state index in [1.165, 1.54) is 23.3 Å². The molecule has 2 rings (SSSR count). The zero-order valence-electron chi connectivity index (χ0n) is 11.7. The molecule has 0 aliphatic heterocycles. The average molecular weight is 257 g/mol. The number of aryl methyl sites for hydroxylation is 2.